The van der Waals surface area contributed by atoms with E-state index in [0.29, 0.717) is 25.3 Å². The fourth-order valence-electron chi connectivity index (χ4n) is 2.17. The average Bonchev–Trinajstić information content (AvgIpc) is 2.63. The van der Waals surface area contributed by atoms with Crippen molar-refractivity contribution in [1.29, 1.82) is 0 Å². The highest BCUT2D eigenvalue weighted by atomic mass is 16.4. The molecule has 2 N–H and O–H groups in total. The lowest BCUT2D eigenvalue weighted by molar-refractivity contribution is -0.137. The Kier molecular flexibility index (Phi) is 5.97. The smallest absolute Gasteiger partial charge is 0.303 e. The fraction of sp³-hybridized carbons (Fsp3) is 0.833. The predicted molar refractivity (Wildman–Crippen MR) is 64.7 cm³/mol. The van der Waals surface area contributed by atoms with Crippen LogP contribution in [0.4, 0.5) is 0 Å². The van der Waals surface area contributed by atoms with Crippen LogP contribution in [0, 0.1) is 5.92 Å². The summed E-state index contributed by atoms with van der Waals surface area (Å²) in [5, 5.41) is 11.3. The average molecular weight is 242 g/mol. The number of rotatable bonds is 7. The van der Waals surface area contributed by atoms with Gasteiger partial charge in [0.1, 0.15) is 0 Å². The molecule has 98 valence electrons. The number of carbonyl (C=O) groups excluding carboxylic acids is 1. The molecule has 0 saturated carbocycles. The molecule has 0 spiro atoms. The Balaban J connectivity index is 1.98. The lowest BCUT2D eigenvalue weighted by atomic mass is 10.1. The Hall–Kier alpha value is -1.10. The molecule has 0 aromatic rings. The van der Waals surface area contributed by atoms with Crippen LogP contribution in [0.15, 0.2) is 0 Å². The maximum Gasteiger partial charge on any atom is 0.303 e. The lowest BCUT2D eigenvalue weighted by Gasteiger charge is -2.10. The van der Waals surface area contributed by atoms with Gasteiger partial charge in [-0.2, -0.15) is 0 Å². The zero-order valence-corrected chi connectivity index (χ0v) is 10.4. The molecule has 0 aromatic carbocycles. The Bertz CT molecular complexity index is 268. The van der Waals surface area contributed by atoms with Crippen LogP contribution in [0.2, 0.25) is 0 Å². The Labute approximate surface area is 102 Å². The van der Waals surface area contributed by atoms with Crippen LogP contribution in [0.1, 0.15) is 32.1 Å². The third kappa shape index (κ3) is 6.26. The number of hydrogen-bond donors (Lipinski definition) is 2. The van der Waals surface area contributed by atoms with E-state index in [1.807, 2.05) is 0 Å². The van der Waals surface area contributed by atoms with Gasteiger partial charge in [-0.15, -0.1) is 0 Å². The van der Waals surface area contributed by atoms with Crippen molar-refractivity contribution >= 4 is 11.9 Å². The zero-order valence-electron chi connectivity index (χ0n) is 10.4. The largest absolute Gasteiger partial charge is 0.481 e. The maximum atomic E-state index is 11.3. The summed E-state index contributed by atoms with van der Waals surface area (Å²) in [6, 6.07) is 0. The number of carboxylic acid groups (broad SMARTS) is 1. The van der Waals surface area contributed by atoms with Crippen LogP contribution in [0.5, 0.6) is 0 Å². The molecule has 1 fully saturated rings. The van der Waals surface area contributed by atoms with Gasteiger partial charge in [0, 0.05) is 25.9 Å². The summed E-state index contributed by atoms with van der Waals surface area (Å²) >= 11 is 0. The molecule has 17 heavy (non-hydrogen) atoms. The lowest BCUT2D eigenvalue weighted by Crippen LogP contribution is -2.26. The summed E-state index contributed by atoms with van der Waals surface area (Å²) in [4.78, 5) is 23.9. The minimum absolute atomic E-state index is 0.0300. The molecule has 1 rings (SSSR count). The monoisotopic (exact) mass is 242 g/mol. The number of carboxylic acids is 1. The number of hydrogen-bond acceptors (Lipinski definition) is 3. The van der Waals surface area contributed by atoms with Crippen LogP contribution in [0.25, 0.3) is 0 Å². The molecule has 1 unspecified atom stereocenters. The van der Waals surface area contributed by atoms with E-state index < -0.39 is 5.97 Å². The van der Waals surface area contributed by atoms with Gasteiger partial charge in [-0.3, -0.25) is 9.59 Å². The van der Waals surface area contributed by atoms with Crippen molar-refractivity contribution < 1.29 is 14.7 Å². The van der Waals surface area contributed by atoms with Crippen LogP contribution in [-0.4, -0.2) is 48.6 Å². The van der Waals surface area contributed by atoms with Gasteiger partial charge in [-0.1, -0.05) is 0 Å². The fourth-order valence-corrected chi connectivity index (χ4v) is 2.17. The predicted octanol–water partition coefficient (Wildman–Crippen LogP) is 0.699. The molecule has 1 aliphatic rings. The first kappa shape index (κ1) is 14.0. The number of carbonyl (C=O) groups is 2. The van der Waals surface area contributed by atoms with E-state index in [-0.39, 0.29) is 12.3 Å². The van der Waals surface area contributed by atoms with Gasteiger partial charge < -0.3 is 15.3 Å². The molecule has 0 radical (unpaired) electrons. The normalized spacial score (nSPS) is 20.4. The molecule has 0 aromatic heterocycles. The second-order valence-corrected chi connectivity index (χ2v) is 4.80. The standard InChI is InChI=1S/C12H22N2O3/c1-14-8-6-10(9-14)5-7-13-11(15)3-2-4-12(16)17/h10H,2-9H2,1H3,(H,13,15)(H,16,17). The van der Waals surface area contributed by atoms with Crippen molar-refractivity contribution in [3.8, 4) is 0 Å². The van der Waals surface area contributed by atoms with E-state index in [4.69, 9.17) is 5.11 Å². The summed E-state index contributed by atoms with van der Waals surface area (Å²) in [6.07, 6.45) is 3.05. The first-order chi connectivity index (χ1) is 8.08. The molecular formula is C12H22N2O3. The molecule has 5 nitrogen and oxygen atoms in total. The Morgan fingerprint density at radius 1 is 1.41 bits per heavy atom. The summed E-state index contributed by atoms with van der Waals surface area (Å²) in [5.41, 5.74) is 0. The molecule has 5 heteroatoms. The third-order valence-corrected chi connectivity index (χ3v) is 3.16. The number of nitrogens with one attached hydrogen (secondary N) is 1. The van der Waals surface area contributed by atoms with E-state index in [9.17, 15) is 9.59 Å². The molecule has 1 atom stereocenters. The SMILES string of the molecule is CN1CCC(CCNC(=O)CCCC(=O)O)C1. The minimum Gasteiger partial charge on any atom is -0.481 e. The highest BCUT2D eigenvalue weighted by molar-refractivity contribution is 5.76. The van der Waals surface area contributed by atoms with Gasteiger partial charge in [-0.25, -0.2) is 0 Å². The third-order valence-electron chi connectivity index (χ3n) is 3.16. The first-order valence-corrected chi connectivity index (χ1v) is 6.25. The van der Waals surface area contributed by atoms with Crippen molar-refractivity contribution in [3.05, 3.63) is 0 Å². The topological polar surface area (TPSA) is 69.6 Å². The van der Waals surface area contributed by atoms with Gasteiger partial charge >= 0.3 is 5.97 Å². The molecule has 1 amide bonds. The summed E-state index contributed by atoms with van der Waals surface area (Å²) < 4.78 is 0. The van der Waals surface area contributed by atoms with Gasteiger partial charge in [0.2, 0.25) is 5.91 Å². The van der Waals surface area contributed by atoms with Gasteiger partial charge in [0.05, 0.1) is 0 Å². The van der Waals surface area contributed by atoms with Crippen molar-refractivity contribution in [2.24, 2.45) is 5.92 Å². The van der Waals surface area contributed by atoms with E-state index in [1.54, 1.807) is 0 Å². The summed E-state index contributed by atoms with van der Waals surface area (Å²) in [5.74, 6) is -0.177. The number of likely N-dealkylation sites (tertiary alicyclic amines) is 1. The second-order valence-electron chi connectivity index (χ2n) is 4.80. The Morgan fingerprint density at radius 3 is 2.76 bits per heavy atom. The molecule has 0 bridgehead atoms. The van der Waals surface area contributed by atoms with Crippen molar-refractivity contribution in [2.75, 3.05) is 26.7 Å². The zero-order chi connectivity index (χ0) is 12.7. The summed E-state index contributed by atoms with van der Waals surface area (Å²) in [7, 11) is 2.12. The quantitative estimate of drug-likeness (QED) is 0.689. The second kappa shape index (κ2) is 7.27. The molecular weight excluding hydrogens is 220 g/mol. The number of nitrogens with zero attached hydrogens (tertiary/aromatic N) is 1. The molecule has 1 heterocycles. The van der Waals surface area contributed by atoms with E-state index in [1.165, 1.54) is 6.42 Å². The first-order valence-electron chi connectivity index (χ1n) is 6.25. The maximum absolute atomic E-state index is 11.3. The van der Waals surface area contributed by atoms with Gasteiger partial charge in [0.25, 0.3) is 0 Å². The van der Waals surface area contributed by atoms with Crippen LogP contribution in [-0.2, 0) is 9.59 Å². The van der Waals surface area contributed by atoms with Crippen molar-refractivity contribution in [3.63, 3.8) is 0 Å². The Morgan fingerprint density at radius 2 is 2.18 bits per heavy atom. The van der Waals surface area contributed by atoms with E-state index >= 15 is 0 Å². The molecule has 0 aliphatic carbocycles. The molecule has 1 aliphatic heterocycles. The highest BCUT2D eigenvalue weighted by Crippen LogP contribution is 2.16. The van der Waals surface area contributed by atoms with E-state index in [0.717, 1.165) is 19.5 Å². The van der Waals surface area contributed by atoms with Gasteiger partial charge in [0.15, 0.2) is 0 Å². The minimum atomic E-state index is -0.841. The summed E-state index contributed by atoms with van der Waals surface area (Å²) in [6.45, 7) is 2.98. The van der Waals surface area contributed by atoms with Gasteiger partial charge in [-0.05, 0) is 38.8 Å². The van der Waals surface area contributed by atoms with Crippen LogP contribution < -0.4 is 5.32 Å². The highest BCUT2D eigenvalue weighted by Gasteiger charge is 2.18. The van der Waals surface area contributed by atoms with Crippen molar-refractivity contribution in [1.82, 2.24) is 10.2 Å². The van der Waals surface area contributed by atoms with E-state index in [2.05, 4.69) is 17.3 Å². The van der Waals surface area contributed by atoms with Crippen LogP contribution in [0.3, 0.4) is 0 Å². The molecule has 1 saturated heterocycles. The number of amides is 1. The number of aliphatic carboxylic acids is 1. The van der Waals surface area contributed by atoms with Crippen LogP contribution >= 0.6 is 0 Å². The van der Waals surface area contributed by atoms with Crippen molar-refractivity contribution in [2.45, 2.75) is 32.1 Å².